The summed E-state index contributed by atoms with van der Waals surface area (Å²) in [7, 11) is 1.75. The molecule has 0 fully saturated rings. The number of fused-ring (bicyclic) bond motifs is 1. The molecular weight excluding hydrogens is 362 g/mol. The lowest BCUT2D eigenvalue weighted by Crippen LogP contribution is -2.43. The second-order valence-electron chi connectivity index (χ2n) is 5.06. The first-order valence-corrected chi connectivity index (χ1v) is 7.69. The molecule has 118 valence electrons. The normalized spacial score (nSPS) is 12.7. The van der Waals surface area contributed by atoms with E-state index in [-0.39, 0.29) is 6.61 Å². The Hall–Kier alpha value is -2.54. The summed E-state index contributed by atoms with van der Waals surface area (Å²) in [6.07, 6.45) is 3.50. The first-order chi connectivity index (χ1) is 11.0. The first kappa shape index (κ1) is 15.4. The number of hydrazine groups is 1. The van der Waals surface area contributed by atoms with Crippen LogP contribution in [0, 0.1) is 0 Å². The zero-order valence-corrected chi connectivity index (χ0v) is 13.9. The van der Waals surface area contributed by atoms with Gasteiger partial charge in [0.1, 0.15) is 18.1 Å². The molecular formula is C16H14BrN3O3. The van der Waals surface area contributed by atoms with Crippen LogP contribution >= 0.6 is 15.9 Å². The number of carbonyl (C=O) groups excluding carboxylic acids is 2. The largest absolute Gasteiger partial charge is 0.488 e. The molecule has 0 saturated carbocycles. The van der Waals surface area contributed by atoms with Crippen molar-refractivity contribution in [1.29, 1.82) is 0 Å². The van der Waals surface area contributed by atoms with E-state index in [0.29, 0.717) is 11.3 Å². The van der Waals surface area contributed by atoms with E-state index in [9.17, 15) is 9.59 Å². The maximum absolute atomic E-state index is 12.1. The molecule has 0 atom stereocenters. The number of rotatable bonds is 2. The number of aryl methyl sites for hydroxylation is 1. The molecule has 0 radical (unpaired) electrons. The Labute approximate surface area is 141 Å². The fraction of sp³-hybridized carbons (Fsp3) is 0.125. The highest BCUT2D eigenvalue weighted by molar-refractivity contribution is 9.10. The van der Waals surface area contributed by atoms with Gasteiger partial charge in [0.2, 0.25) is 0 Å². The molecule has 2 amide bonds. The monoisotopic (exact) mass is 375 g/mol. The van der Waals surface area contributed by atoms with Crippen LogP contribution in [0.3, 0.4) is 0 Å². The second-order valence-corrected chi connectivity index (χ2v) is 5.97. The number of hydrogen-bond donors (Lipinski definition) is 2. The molecule has 6 nitrogen and oxygen atoms in total. The van der Waals surface area contributed by atoms with Crippen LogP contribution in [-0.2, 0) is 11.8 Å². The van der Waals surface area contributed by atoms with Gasteiger partial charge in [0.25, 0.3) is 11.8 Å². The summed E-state index contributed by atoms with van der Waals surface area (Å²) in [4.78, 5) is 24.2. The third-order valence-corrected chi connectivity index (χ3v) is 3.85. The van der Waals surface area contributed by atoms with Gasteiger partial charge in [-0.25, -0.2) is 0 Å². The van der Waals surface area contributed by atoms with Crippen LogP contribution in [0.2, 0.25) is 0 Å². The molecule has 0 bridgehead atoms. The van der Waals surface area contributed by atoms with Crippen LogP contribution in [0.1, 0.15) is 16.1 Å². The van der Waals surface area contributed by atoms with Crippen molar-refractivity contribution >= 4 is 33.8 Å². The Kier molecular flexibility index (Phi) is 4.20. The van der Waals surface area contributed by atoms with E-state index in [2.05, 4.69) is 26.8 Å². The molecule has 0 aliphatic carbocycles. The number of amides is 2. The number of nitrogens with zero attached hydrogens (tertiary/aromatic N) is 1. The van der Waals surface area contributed by atoms with Gasteiger partial charge in [-0.15, -0.1) is 0 Å². The van der Waals surface area contributed by atoms with Gasteiger partial charge in [-0.05, 0) is 34.1 Å². The molecule has 1 aliphatic rings. The zero-order valence-electron chi connectivity index (χ0n) is 12.3. The van der Waals surface area contributed by atoms with E-state index in [4.69, 9.17) is 4.74 Å². The Morgan fingerprint density at radius 3 is 2.70 bits per heavy atom. The van der Waals surface area contributed by atoms with Crippen LogP contribution in [0.25, 0.3) is 6.08 Å². The lowest BCUT2D eigenvalue weighted by molar-refractivity contribution is -0.118. The minimum Gasteiger partial charge on any atom is -0.488 e. The van der Waals surface area contributed by atoms with Gasteiger partial charge in [-0.3, -0.25) is 20.4 Å². The number of benzene rings is 1. The Balaban J connectivity index is 1.65. The third kappa shape index (κ3) is 3.29. The minimum absolute atomic E-state index is 0.161. The van der Waals surface area contributed by atoms with Gasteiger partial charge < -0.3 is 9.30 Å². The fourth-order valence-corrected chi connectivity index (χ4v) is 2.78. The molecule has 23 heavy (non-hydrogen) atoms. The quantitative estimate of drug-likeness (QED) is 0.788. The van der Waals surface area contributed by atoms with Crippen molar-refractivity contribution in [3.63, 3.8) is 0 Å². The summed E-state index contributed by atoms with van der Waals surface area (Å²) in [5, 5.41) is 0. The fourth-order valence-electron chi connectivity index (χ4n) is 2.25. The zero-order chi connectivity index (χ0) is 16.4. The van der Waals surface area contributed by atoms with E-state index in [0.717, 1.165) is 15.8 Å². The van der Waals surface area contributed by atoms with Crippen molar-refractivity contribution in [2.75, 3.05) is 6.61 Å². The van der Waals surface area contributed by atoms with Crippen molar-refractivity contribution in [1.82, 2.24) is 15.4 Å². The van der Waals surface area contributed by atoms with Crippen molar-refractivity contribution < 1.29 is 14.3 Å². The summed E-state index contributed by atoms with van der Waals surface area (Å²) in [6, 6.07) is 9.11. The smallest absolute Gasteiger partial charge is 0.286 e. The Morgan fingerprint density at radius 1 is 1.22 bits per heavy atom. The number of aromatic nitrogens is 1. The molecule has 0 unspecified atom stereocenters. The van der Waals surface area contributed by atoms with Crippen molar-refractivity contribution in [3.05, 3.63) is 57.8 Å². The summed E-state index contributed by atoms with van der Waals surface area (Å²) in [5.74, 6) is -0.0628. The average molecular weight is 376 g/mol. The Bertz CT molecular complexity index is 811. The SMILES string of the molecule is Cn1cc(Br)cc1C(=O)NNC(=O)C1=Cc2ccccc2OC1. The standard InChI is InChI=1S/C16H14BrN3O3/c1-20-8-12(17)7-13(20)16(22)19-18-15(21)11-6-10-4-2-3-5-14(10)23-9-11/h2-8H,9H2,1H3,(H,18,21)(H,19,22). The number of nitrogens with one attached hydrogen (secondary N) is 2. The highest BCUT2D eigenvalue weighted by atomic mass is 79.9. The van der Waals surface area contributed by atoms with Gasteiger partial charge in [0.15, 0.2) is 0 Å². The van der Waals surface area contributed by atoms with E-state index in [1.54, 1.807) is 30.0 Å². The molecule has 1 aromatic heterocycles. The average Bonchev–Trinajstić information content (AvgIpc) is 2.90. The molecule has 1 aliphatic heterocycles. The molecule has 1 aromatic carbocycles. The lowest BCUT2D eigenvalue weighted by Gasteiger charge is -2.17. The molecule has 2 heterocycles. The highest BCUT2D eigenvalue weighted by Gasteiger charge is 2.18. The summed E-state index contributed by atoms with van der Waals surface area (Å²) < 4.78 is 7.96. The number of para-hydroxylation sites is 1. The number of halogens is 1. The van der Waals surface area contributed by atoms with Crippen molar-refractivity contribution in [2.45, 2.75) is 0 Å². The molecule has 2 aromatic rings. The topological polar surface area (TPSA) is 72.4 Å². The van der Waals surface area contributed by atoms with Crippen LogP contribution in [-0.4, -0.2) is 23.0 Å². The van der Waals surface area contributed by atoms with E-state index in [1.807, 2.05) is 24.3 Å². The van der Waals surface area contributed by atoms with Gasteiger partial charge in [-0.1, -0.05) is 18.2 Å². The van der Waals surface area contributed by atoms with E-state index >= 15 is 0 Å². The van der Waals surface area contributed by atoms with Crippen LogP contribution < -0.4 is 15.6 Å². The minimum atomic E-state index is -0.402. The van der Waals surface area contributed by atoms with Crippen LogP contribution in [0.5, 0.6) is 5.75 Å². The molecule has 3 rings (SSSR count). The number of ether oxygens (including phenoxy) is 1. The third-order valence-electron chi connectivity index (χ3n) is 3.42. The molecule has 7 heteroatoms. The number of hydrogen-bond acceptors (Lipinski definition) is 3. The predicted molar refractivity (Wildman–Crippen MR) is 88.6 cm³/mol. The predicted octanol–water partition coefficient (Wildman–Crippen LogP) is 2.02. The number of carbonyl (C=O) groups is 2. The first-order valence-electron chi connectivity index (χ1n) is 6.89. The van der Waals surface area contributed by atoms with Crippen LogP contribution in [0.15, 0.2) is 46.6 Å². The second kappa shape index (κ2) is 6.29. The Morgan fingerprint density at radius 2 is 1.96 bits per heavy atom. The molecule has 2 N–H and O–H groups in total. The van der Waals surface area contributed by atoms with Gasteiger partial charge in [-0.2, -0.15) is 0 Å². The summed E-state index contributed by atoms with van der Waals surface area (Å²) >= 11 is 3.30. The van der Waals surface area contributed by atoms with Gasteiger partial charge in [0, 0.05) is 23.3 Å². The van der Waals surface area contributed by atoms with E-state index < -0.39 is 11.8 Å². The molecule has 0 spiro atoms. The highest BCUT2D eigenvalue weighted by Crippen LogP contribution is 2.25. The van der Waals surface area contributed by atoms with E-state index in [1.165, 1.54) is 0 Å². The molecule has 0 saturated heterocycles. The summed E-state index contributed by atoms with van der Waals surface area (Å²) in [5.41, 5.74) is 6.50. The van der Waals surface area contributed by atoms with Gasteiger partial charge in [0.05, 0.1) is 5.57 Å². The van der Waals surface area contributed by atoms with Crippen molar-refractivity contribution in [3.8, 4) is 5.75 Å². The van der Waals surface area contributed by atoms with Gasteiger partial charge >= 0.3 is 0 Å². The lowest BCUT2D eigenvalue weighted by atomic mass is 10.1. The van der Waals surface area contributed by atoms with Crippen molar-refractivity contribution in [2.24, 2.45) is 7.05 Å². The maximum Gasteiger partial charge on any atom is 0.286 e. The maximum atomic E-state index is 12.1. The summed E-state index contributed by atoms with van der Waals surface area (Å²) in [6.45, 7) is 0.161. The van der Waals surface area contributed by atoms with Crippen LogP contribution in [0.4, 0.5) is 0 Å².